The Kier molecular flexibility index (Phi) is 6.78. The Morgan fingerprint density at radius 3 is 2.56 bits per heavy atom. The number of thioether (sulfide) groups is 1. The van der Waals surface area contributed by atoms with Crippen LogP contribution in [0.2, 0.25) is 0 Å². The van der Waals surface area contributed by atoms with Gasteiger partial charge in [0, 0.05) is 18.3 Å². The van der Waals surface area contributed by atoms with Gasteiger partial charge in [0.05, 0.1) is 0 Å². The van der Waals surface area contributed by atoms with Crippen LogP contribution in [0, 0.1) is 0 Å². The highest BCUT2D eigenvalue weighted by Gasteiger charge is 2.18. The van der Waals surface area contributed by atoms with Crippen LogP contribution in [0.5, 0.6) is 0 Å². The molecule has 0 radical (unpaired) electrons. The van der Waals surface area contributed by atoms with Crippen LogP contribution >= 0.6 is 11.8 Å². The first-order valence-corrected chi connectivity index (χ1v) is 7.62. The van der Waals surface area contributed by atoms with Gasteiger partial charge >= 0.3 is 7.12 Å². The van der Waals surface area contributed by atoms with Crippen LogP contribution in [0.4, 0.5) is 0 Å². The smallest absolute Gasteiger partial charge is 0.423 e. The van der Waals surface area contributed by atoms with Crippen LogP contribution in [0.3, 0.4) is 0 Å². The molecule has 0 aliphatic rings. The molecule has 0 saturated heterocycles. The molecule has 2 N–H and O–H groups in total. The van der Waals surface area contributed by atoms with Crippen LogP contribution in [0.15, 0.2) is 24.3 Å². The zero-order valence-corrected chi connectivity index (χ0v) is 12.2. The number of benzene rings is 1. The van der Waals surface area contributed by atoms with Gasteiger partial charge in [-0.05, 0) is 30.8 Å². The third-order valence-corrected chi connectivity index (χ3v) is 3.92. The number of rotatable bonds is 7. The second kappa shape index (κ2) is 7.84. The van der Waals surface area contributed by atoms with Crippen molar-refractivity contribution >= 4 is 24.3 Å². The van der Waals surface area contributed by atoms with Crippen molar-refractivity contribution in [1.82, 2.24) is 4.90 Å². The van der Waals surface area contributed by atoms with Crippen molar-refractivity contribution in [3.8, 4) is 0 Å². The quantitative estimate of drug-likeness (QED) is 0.722. The second-order valence-electron chi connectivity index (χ2n) is 4.51. The zero-order valence-electron chi connectivity index (χ0n) is 11.3. The number of hydrogen-bond donors (Lipinski definition) is 2. The van der Waals surface area contributed by atoms with Crippen molar-refractivity contribution in [2.45, 2.75) is 25.9 Å². The molecule has 0 aliphatic carbocycles. The molecule has 5 heteroatoms. The van der Waals surface area contributed by atoms with Crippen molar-refractivity contribution in [1.29, 1.82) is 0 Å². The summed E-state index contributed by atoms with van der Waals surface area (Å²) in [5, 5.41) is 18.7. The maximum atomic E-state index is 9.35. The van der Waals surface area contributed by atoms with Crippen molar-refractivity contribution in [3.05, 3.63) is 29.8 Å². The zero-order chi connectivity index (χ0) is 13.5. The minimum atomic E-state index is -1.39. The molecular weight excluding hydrogens is 245 g/mol. The van der Waals surface area contributed by atoms with Gasteiger partial charge in [-0.25, -0.2) is 0 Å². The minimum absolute atomic E-state index is 0.517. The number of hydrogen-bond acceptors (Lipinski definition) is 4. The molecule has 0 heterocycles. The van der Waals surface area contributed by atoms with E-state index >= 15 is 0 Å². The molecule has 0 fully saturated rings. The van der Waals surface area contributed by atoms with Gasteiger partial charge in [0.2, 0.25) is 0 Å². The first-order valence-electron chi connectivity index (χ1n) is 6.23. The molecule has 0 bridgehead atoms. The summed E-state index contributed by atoms with van der Waals surface area (Å²) < 4.78 is 0. The highest BCUT2D eigenvalue weighted by Crippen LogP contribution is 2.11. The minimum Gasteiger partial charge on any atom is -0.423 e. The van der Waals surface area contributed by atoms with E-state index in [0.717, 1.165) is 24.3 Å². The Balaban J connectivity index is 2.77. The number of nitrogens with zero attached hydrogens (tertiary/aromatic N) is 1. The SMILES string of the molecule is CCC(CSC)N(C)Cc1ccccc1B(O)O. The Morgan fingerprint density at radius 2 is 2.00 bits per heavy atom. The standard InChI is InChI=1S/C13H22BNO2S/c1-4-12(10-18-3)15(2)9-11-7-5-6-8-13(11)14(16)17/h5-8,12,16-17H,4,9-10H2,1-3H3. The van der Waals surface area contributed by atoms with E-state index in [1.54, 1.807) is 6.07 Å². The van der Waals surface area contributed by atoms with Crippen LogP contribution in [0.1, 0.15) is 18.9 Å². The van der Waals surface area contributed by atoms with Crippen LogP contribution in [0.25, 0.3) is 0 Å². The molecular formula is C13H22BNO2S. The fourth-order valence-electron chi connectivity index (χ4n) is 2.08. The van der Waals surface area contributed by atoms with E-state index in [1.807, 2.05) is 30.0 Å². The highest BCUT2D eigenvalue weighted by molar-refractivity contribution is 7.98. The van der Waals surface area contributed by atoms with Gasteiger partial charge in [-0.15, -0.1) is 0 Å². The summed E-state index contributed by atoms with van der Waals surface area (Å²) in [5.41, 5.74) is 1.58. The predicted octanol–water partition coefficient (Wildman–Crippen LogP) is 0.940. The monoisotopic (exact) mass is 267 g/mol. The molecule has 18 heavy (non-hydrogen) atoms. The maximum absolute atomic E-state index is 9.35. The van der Waals surface area contributed by atoms with E-state index in [2.05, 4.69) is 25.1 Å². The molecule has 3 nitrogen and oxygen atoms in total. The molecule has 0 aromatic heterocycles. The normalized spacial score (nSPS) is 12.8. The van der Waals surface area contributed by atoms with Crippen molar-refractivity contribution in [2.75, 3.05) is 19.1 Å². The lowest BCUT2D eigenvalue weighted by Gasteiger charge is -2.27. The van der Waals surface area contributed by atoms with Gasteiger partial charge < -0.3 is 10.0 Å². The average Bonchev–Trinajstić information content (AvgIpc) is 2.36. The first kappa shape index (κ1) is 15.6. The summed E-state index contributed by atoms with van der Waals surface area (Å²) in [6.07, 6.45) is 3.21. The van der Waals surface area contributed by atoms with E-state index in [9.17, 15) is 10.0 Å². The van der Waals surface area contributed by atoms with Gasteiger partial charge in [0.25, 0.3) is 0 Å². The lowest BCUT2D eigenvalue weighted by molar-refractivity contribution is 0.248. The molecule has 1 aromatic carbocycles. The average molecular weight is 267 g/mol. The third kappa shape index (κ3) is 4.32. The van der Waals surface area contributed by atoms with Gasteiger partial charge in [0.1, 0.15) is 0 Å². The lowest BCUT2D eigenvalue weighted by Crippen LogP contribution is -2.38. The predicted molar refractivity (Wildman–Crippen MR) is 80.2 cm³/mol. The summed E-state index contributed by atoms with van der Waals surface area (Å²) in [7, 11) is 0.695. The fourth-order valence-corrected chi connectivity index (χ4v) is 2.95. The molecule has 1 aromatic rings. The van der Waals surface area contributed by atoms with E-state index < -0.39 is 7.12 Å². The maximum Gasteiger partial charge on any atom is 0.488 e. The molecule has 100 valence electrons. The molecule has 1 atom stereocenters. The van der Waals surface area contributed by atoms with E-state index in [1.165, 1.54) is 0 Å². The Bertz CT molecular complexity index is 363. The van der Waals surface area contributed by atoms with E-state index in [0.29, 0.717) is 11.5 Å². The van der Waals surface area contributed by atoms with Crippen molar-refractivity contribution < 1.29 is 10.0 Å². The second-order valence-corrected chi connectivity index (χ2v) is 5.42. The first-order chi connectivity index (χ1) is 8.60. The van der Waals surface area contributed by atoms with Crippen molar-refractivity contribution in [3.63, 3.8) is 0 Å². The van der Waals surface area contributed by atoms with Crippen LogP contribution in [-0.2, 0) is 6.54 Å². The molecule has 0 amide bonds. The lowest BCUT2D eigenvalue weighted by atomic mass is 9.77. The van der Waals surface area contributed by atoms with E-state index in [4.69, 9.17) is 0 Å². The largest absolute Gasteiger partial charge is 0.488 e. The molecule has 1 rings (SSSR count). The third-order valence-electron chi connectivity index (χ3n) is 3.21. The fraction of sp³-hybridized carbons (Fsp3) is 0.538. The topological polar surface area (TPSA) is 43.7 Å². The molecule has 0 spiro atoms. The Labute approximate surface area is 114 Å². The Morgan fingerprint density at radius 1 is 1.33 bits per heavy atom. The van der Waals surface area contributed by atoms with Gasteiger partial charge in [-0.3, -0.25) is 4.90 Å². The summed E-state index contributed by atoms with van der Waals surface area (Å²) >= 11 is 1.84. The summed E-state index contributed by atoms with van der Waals surface area (Å²) in [5.74, 6) is 1.09. The summed E-state index contributed by atoms with van der Waals surface area (Å²) in [6.45, 7) is 2.93. The van der Waals surface area contributed by atoms with Gasteiger partial charge in [-0.1, -0.05) is 31.2 Å². The van der Waals surface area contributed by atoms with Crippen molar-refractivity contribution in [2.24, 2.45) is 0 Å². The van der Waals surface area contributed by atoms with Crippen LogP contribution in [-0.4, -0.2) is 47.2 Å². The molecule has 0 saturated carbocycles. The van der Waals surface area contributed by atoms with Gasteiger partial charge in [-0.2, -0.15) is 11.8 Å². The molecule has 0 aliphatic heterocycles. The Hall–Kier alpha value is -0.485. The van der Waals surface area contributed by atoms with Crippen LogP contribution < -0.4 is 5.46 Å². The van der Waals surface area contributed by atoms with Gasteiger partial charge in [0.15, 0.2) is 0 Å². The summed E-state index contributed by atoms with van der Waals surface area (Å²) in [6, 6.07) is 8.01. The van der Waals surface area contributed by atoms with E-state index in [-0.39, 0.29) is 0 Å². The molecule has 1 unspecified atom stereocenters. The summed E-state index contributed by atoms with van der Waals surface area (Å²) in [4.78, 5) is 2.28. The highest BCUT2D eigenvalue weighted by atomic mass is 32.2.